The van der Waals surface area contributed by atoms with Crippen molar-refractivity contribution in [3.63, 3.8) is 0 Å². The number of hydrogen-bond acceptors (Lipinski definition) is 4. The number of ether oxygens (including phenoxy) is 1. The van der Waals surface area contributed by atoms with Crippen molar-refractivity contribution in [1.29, 1.82) is 0 Å². The molecule has 2 aromatic rings. The summed E-state index contributed by atoms with van der Waals surface area (Å²) >= 11 is 0. The second-order valence-electron chi connectivity index (χ2n) is 6.96. The number of likely N-dealkylation sites (tertiary alicyclic amines) is 1. The summed E-state index contributed by atoms with van der Waals surface area (Å²) in [6.45, 7) is 6.03. The third kappa shape index (κ3) is 3.01. The van der Waals surface area contributed by atoms with Crippen LogP contribution in [0.4, 0.5) is 0 Å². The van der Waals surface area contributed by atoms with Crippen LogP contribution in [0.15, 0.2) is 24.3 Å². The predicted molar refractivity (Wildman–Crippen MR) is 93.6 cm³/mol. The Labute approximate surface area is 147 Å². The molecule has 1 aromatic carbocycles. The topological polar surface area (TPSA) is 60.2 Å². The largest absolute Gasteiger partial charge is 0.493 e. The van der Waals surface area contributed by atoms with Crippen LogP contribution >= 0.6 is 0 Å². The number of aryl methyl sites for hydroxylation is 2. The smallest absolute Gasteiger partial charge is 0.230 e. The summed E-state index contributed by atoms with van der Waals surface area (Å²) in [5, 5.41) is 4.52. The SMILES string of the molecule is Cc1nc(C)n(C2CCCN(C(=O)C3CCOc4ccccc43)C2)n1. The van der Waals surface area contributed by atoms with Gasteiger partial charge in [0.1, 0.15) is 17.4 Å². The first kappa shape index (κ1) is 16.1. The van der Waals surface area contributed by atoms with Crippen LogP contribution in [0.25, 0.3) is 0 Å². The van der Waals surface area contributed by atoms with Crippen LogP contribution in [-0.4, -0.2) is 45.3 Å². The van der Waals surface area contributed by atoms with Crippen molar-refractivity contribution in [2.75, 3.05) is 19.7 Å². The van der Waals surface area contributed by atoms with Gasteiger partial charge in [0, 0.05) is 18.7 Å². The van der Waals surface area contributed by atoms with E-state index in [0.29, 0.717) is 13.2 Å². The van der Waals surface area contributed by atoms with E-state index in [1.165, 1.54) is 0 Å². The Kier molecular flexibility index (Phi) is 4.19. The molecule has 6 heteroatoms. The van der Waals surface area contributed by atoms with E-state index < -0.39 is 0 Å². The maximum Gasteiger partial charge on any atom is 0.230 e. The number of piperidine rings is 1. The number of carbonyl (C=O) groups is 1. The van der Waals surface area contributed by atoms with Gasteiger partial charge in [-0.3, -0.25) is 4.79 Å². The lowest BCUT2D eigenvalue weighted by atomic mass is 9.91. The number of fused-ring (bicyclic) bond motifs is 1. The molecule has 6 nitrogen and oxygen atoms in total. The zero-order chi connectivity index (χ0) is 17.4. The molecule has 1 amide bonds. The fourth-order valence-corrected chi connectivity index (χ4v) is 4.06. The molecule has 0 spiro atoms. The van der Waals surface area contributed by atoms with Crippen molar-refractivity contribution in [3.8, 4) is 5.75 Å². The Morgan fingerprint density at radius 1 is 1.24 bits per heavy atom. The lowest BCUT2D eigenvalue weighted by Gasteiger charge is -2.36. The number of nitrogens with zero attached hydrogens (tertiary/aromatic N) is 4. The van der Waals surface area contributed by atoms with Crippen LogP contribution in [-0.2, 0) is 4.79 Å². The van der Waals surface area contributed by atoms with E-state index in [2.05, 4.69) is 10.1 Å². The molecule has 1 aromatic heterocycles. The zero-order valence-corrected chi connectivity index (χ0v) is 14.8. The first-order valence-electron chi connectivity index (χ1n) is 9.04. The van der Waals surface area contributed by atoms with Crippen molar-refractivity contribution in [3.05, 3.63) is 41.5 Å². The molecular weight excluding hydrogens is 316 g/mol. The highest BCUT2D eigenvalue weighted by molar-refractivity contribution is 5.85. The van der Waals surface area contributed by atoms with Gasteiger partial charge in [0.05, 0.1) is 18.6 Å². The van der Waals surface area contributed by atoms with Gasteiger partial charge >= 0.3 is 0 Å². The fourth-order valence-electron chi connectivity index (χ4n) is 4.06. The van der Waals surface area contributed by atoms with Gasteiger partial charge < -0.3 is 9.64 Å². The number of benzene rings is 1. The molecule has 1 saturated heterocycles. The van der Waals surface area contributed by atoms with E-state index in [0.717, 1.165) is 48.8 Å². The molecule has 0 N–H and O–H groups in total. The number of aromatic nitrogens is 3. The summed E-state index contributed by atoms with van der Waals surface area (Å²) in [5.74, 6) is 2.69. The summed E-state index contributed by atoms with van der Waals surface area (Å²) in [6, 6.07) is 8.12. The predicted octanol–water partition coefficient (Wildman–Crippen LogP) is 2.62. The number of hydrogen-bond donors (Lipinski definition) is 0. The van der Waals surface area contributed by atoms with Gasteiger partial charge in [-0.2, -0.15) is 5.10 Å². The van der Waals surface area contributed by atoms with Crippen LogP contribution in [0.1, 0.15) is 48.4 Å². The Hall–Kier alpha value is -2.37. The van der Waals surface area contributed by atoms with E-state index in [4.69, 9.17) is 4.74 Å². The molecule has 132 valence electrons. The molecular formula is C19H24N4O2. The Bertz CT molecular complexity index is 785. The van der Waals surface area contributed by atoms with E-state index in [9.17, 15) is 4.79 Å². The van der Waals surface area contributed by atoms with Crippen molar-refractivity contribution in [2.45, 2.75) is 45.1 Å². The number of rotatable bonds is 2. The van der Waals surface area contributed by atoms with Crippen molar-refractivity contribution >= 4 is 5.91 Å². The normalized spacial score (nSPS) is 23.0. The molecule has 2 aliphatic heterocycles. The highest BCUT2D eigenvalue weighted by Crippen LogP contribution is 2.35. The summed E-state index contributed by atoms with van der Waals surface area (Å²) < 4.78 is 7.70. The molecule has 0 bridgehead atoms. The van der Waals surface area contributed by atoms with Crippen LogP contribution < -0.4 is 4.74 Å². The lowest BCUT2D eigenvalue weighted by Crippen LogP contribution is -2.44. The second-order valence-corrected chi connectivity index (χ2v) is 6.96. The first-order valence-corrected chi connectivity index (χ1v) is 9.04. The minimum atomic E-state index is -0.0951. The molecule has 0 saturated carbocycles. The number of amides is 1. The third-order valence-corrected chi connectivity index (χ3v) is 5.22. The van der Waals surface area contributed by atoms with Crippen LogP contribution in [0, 0.1) is 13.8 Å². The number of para-hydroxylation sites is 1. The van der Waals surface area contributed by atoms with E-state index in [1.54, 1.807) is 0 Å². The molecule has 4 rings (SSSR count). The first-order chi connectivity index (χ1) is 12.1. The van der Waals surface area contributed by atoms with Gasteiger partial charge in [0.2, 0.25) is 5.91 Å². The molecule has 0 aliphatic carbocycles. The molecule has 1 fully saturated rings. The monoisotopic (exact) mass is 340 g/mol. The molecule has 2 unspecified atom stereocenters. The van der Waals surface area contributed by atoms with Crippen LogP contribution in [0.2, 0.25) is 0 Å². The Morgan fingerprint density at radius 3 is 2.88 bits per heavy atom. The Balaban J connectivity index is 1.54. The van der Waals surface area contributed by atoms with Gasteiger partial charge in [-0.15, -0.1) is 0 Å². The van der Waals surface area contributed by atoms with Crippen molar-refractivity contribution in [1.82, 2.24) is 19.7 Å². The second kappa shape index (κ2) is 6.50. The zero-order valence-electron chi connectivity index (χ0n) is 14.8. The minimum Gasteiger partial charge on any atom is -0.493 e. The third-order valence-electron chi connectivity index (χ3n) is 5.22. The maximum atomic E-state index is 13.2. The number of carbonyl (C=O) groups excluding carboxylic acids is 1. The molecule has 2 atom stereocenters. The summed E-state index contributed by atoms with van der Waals surface area (Å²) in [7, 11) is 0. The van der Waals surface area contributed by atoms with Gasteiger partial charge in [0.25, 0.3) is 0 Å². The van der Waals surface area contributed by atoms with E-state index in [1.807, 2.05) is 47.7 Å². The maximum absolute atomic E-state index is 13.2. The standard InChI is InChI=1S/C19H24N4O2/c1-13-20-14(2)23(21-13)15-6-5-10-22(12-15)19(24)17-9-11-25-18-8-4-3-7-16(17)18/h3-4,7-8,15,17H,5-6,9-12H2,1-2H3. The van der Waals surface area contributed by atoms with Gasteiger partial charge in [-0.1, -0.05) is 18.2 Å². The molecule has 2 aliphatic rings. The van der Waals surface area contributed by atoms with Gasteiger partial charge in [0.15, 0.2) is 0 Å². The molecule has 0 radical (unpaired) electrons. The van der Waals surface area contributed by atoms with E-state index >= 15 is 0 Å². The quantitative estimate of drug-likeness (QED) is 0.843. The van der Waals surface area contributed by atoms with Crippen LogP contribution in [0.5, 0.6) is 5.75 Å². The highest BCUT2D eigenvalue weighted by atomic mass is 16.5. The minimum absolute atomic E-state index is 0.0951. The molecule has 25 heavy (non-hydrogen) atoms. The Morgan fingerprint density at radius 2 is 2.08 bits per heavy atom. The fraction of sp³-hybridized carbons (Fsp3) is 0.526. The van der Waals surface area contributed by atoms with Crippen molar-refractivity contribution in [2.24, 2.45) is 0 Å². The van der Waals surface area contributed by atoms with Gasteiger partial charge in [-0.05, 0) is 39.2 Å². The molecule has 3 heterocycles. The average molecular weight is 340 g/mol. The average Bonchev–Trinajstić information content (AvgIpc) is 2.99. The summed E-state index contributed by atoms with van der Waals surface area (Å²) in [5.41, 5.74) is 1.02. The summed E-state index contributed by atoms with van der Waals surface area (Å²) in [4.78, 5) is 19.6. The summed E-state index contributed by atoms with van der Waals surface area (Å²) in [6.07, 6.45) is 2.79. The highest BCUT2D eigenvalue weighted by Gasteiger charge is 2.34. The van der Waals surface area contributed by atoms with Gasteiger partial charge in [-0.25, -0.2) is 9.67 Å². The van der Waals surface area contributed by atoms with E-state index in [-0.39, 0.29) is 17.9 Å². The lowest BCUT2D eigenvalue weighted by molar-refractivity contribution is -0.135. The van der Waals surface area contributed by atoms with Crippen molar-refractivity contribution < 1.29 is 9.53 Å². The van der Waals surface area contributed by atoms with Crippen LogP contribution in [0.3, 0.4) is 0 Å².